The number of halogens is 1. The number of hydrogen-bond donors (Lipinski definition) is 1. The molecule has 0 aliphatic carbocycles. The van der Waals surface area contributed by atoms with Gasteiger partial charge >= 0.3 is 5.97 Å². The van der Waals surface area contributed by atoms with Crippen molar-refractivity contribution in [3.8, 4) is 0 Å². The summed E-state index contributed by atoms with van der Waals surface area (Å²) in [6, 6.07) is 4.93. The Bertz CT molecular complexity index is 620. The molecule has 2 aromatic rings. The molecule has 0 aliphatic heterocycles. The summed E-state index contributed by atoms with van der Waals surface area (Å²) < 4.78 is 0. The minimum Gasteiger partial charge on any atom is -0.478 e. The Kier molecular flexibility index (Phi) is 5.25. The molecule has 0 radical (unpaired) electrons. The topological polar surface area (TPSA) is 66.3 Å². The van der Waals surface area contributed by atoms with Crippen molar-refractivity contribution in [3.05, 3.63) is 58.6 Å². The molecule has 0 spiro atoms. The molecule has 6 heteroatoms. The van der Waals surface area contributed by atoms with Gasteiger partial charge in [-0.15, -0.1) is 0 Å². The number of benzene rings is 1. The Hall–Kier alpha value is -1.98. The van der Waals surface area contributed by atoms with Crippen LogP contribution in [0.2, 0.25) is 5.02 Å². The first kappa shape index (κ1) is 15.4. The highest BCUT2D eigenvalue weighted by Crippen LogP contribution is 2.21. The third kappa shape index (κ3) is 4.24. The van der Waals surface area contributed by atoms with E-state index in [4.69, 9.17) is 11.6 Å². The van der Waals surface area contributed by atoms with Gasteiger partial charge in [0, 0.05) is 43.1 Å². The predicted molar refractivity (Wildman–Crippen MR) is 80.5 cm³/mol. The Morgan fingerprint density at radius 2 is 2.19 bits per heavy atom. The first-order valence-electron chi connectivity index (χ1n) is 6.52. The summed E-state index contributed by atoms with van der Waals surface area (Å²) >= 11 is 6.12. The Balaban J connectivity index is 2.03. The predicted octanol–water partition coefficient (Wildman–Crippen LogP) is 2.50. The highest BCUT2D eigenvalue weighted by Gasteiger charge is 2.14. The Morgan fingerprint density at radius 1 is 1.38 bits per heavy atom. The minimum atomic E-state index is -0.963. The largest absolute Gasteiger partial charge is 0.478 e. The van der Waals surface area contributed by atoms with Crippen LogP contribution in [0.5, 0.6) is 0 Å². The first-order valence-corrected chi connectivity index (χ1v) is 6.90. The molecule has 0 bridgehead atoms. The van der Waals surface area contributed by atoms with Gasteiger partial charge in [0.1, 0.15) is 0 Å². The molecule has 5 nitrogen and oxygen atoms in total. The lowest BCUT2D eigenvalue weighted by Crippen LogP contribution is -2.22. The number of nitrogens with zero attached hydrogens (tertiary/aromatic N) is 3. The monoisotopic (exact) mass is 305 g/mol. The average molecular weight is 306 g/mol. The Morgan fingerprint density at radius 3 is 2.86 bits per heavy atom. The van der Waals surface area contributed by atoms with Crippen LogP contribution in [0.15, 0.2) is 36.8 Å². The third-order valence-corrected chi connectivity index (χ3v) is 3.50. The molecule has 1 N–H and O–H groups in total. The number of carboxylic acid groups (broad SMARTS) is 1. The molecule has 21 heavy (non-hydrogen) atoms. The fourth-order valence-corrected chi connectivity index (χ4v) is 2.27. The van der Waals surface area contributed by atoms with E-state index in [2.05, 4.69) is 9.97 Å². The van der Waals surface area contributed by atoms with Crippen molar-refractivity contribution in [3.63, 3.8) is 0 Å². The molecule has 1 aromatic carbocycles. The van der Waals surface area contributed by atoms with Gasteiger partial charge in [-0.25, -0.2) is 4.79 Å². The molecule has 0 saturated heterocycles. The standard InChI is InChI=1S/C15H16ClN3O2/c1-19(8-5-11-9-17-6-7-18-11)10-13-12(15(20)21)3-2-4-14(13)16/h2-4,6-7,9H,5,8,10H2,1H3,(H,20,21). The summed E-state index contributed by atoms with van der Waals surface area (Å²) in [5.41, 5.74) is 1.78. The molecule has 0 amide bonds. The van der Waals surface area contributed by atoms with E-state index >= 15 is 0 Å². The van der Waals surface area contributed by atoms with Gasteiger partial charge in [-0.1, -0.05) is 17.7 Å². The zero-order valence-corrected chi connectivity index (χ0v) is 12.4. The summed E-state index contributed by atoms with van der Waals surface area (Å²) in [6.07, 6.45) is 5.77. The number of rotatable bonds is 6. The van der Waals surface area contributed by atoms with E-state index in [1.807, 2.05) is 11.9 Å². The van der Waals surface area contributed by atoms with E-state index in [0.29, 0.717) is 17.1 Å². The van der Waals surface area contributed by atoms with Crippen LogP contribution >= 0.6 is 11.6 Å². The lowest BCUT2D eigenvalue weighted by molar-refractivity contribution is 0.0694. The molecule has 110 valence electrons. The second-order valence-electron chi connectivity index (χ2n) is 4.76. The van der Waals surface area contributed by atoms with Crippen molar-refractivity contribution in [1.29, 1.82) is 0 Å². The van der Waals surface area contributed by atoms with Crippen LogP contribution < -0.4 is 0 Å². The summed E-state index contributed by atoms with van der Waals surface area (Å²) in [5.74, 6) is -0.963. The van der Waals surface area contributed by atoms with E-state index in [0.717, 1.165) is 18.7 Å². The van der Waals surface area contributed by atoms with Gasteiger partial charge in [-0.3, -0.25) is 9.97 Å². The molecule has 0 saturated carbocycles. The highest BCUT2D eigenvalue weighted by atomic mass is 35.5. The number of carbonyl (C=O) groups is 1. The quantitative estimate of drug-likeness (QED) is 0.888. The zero-order valence-electron chi connectivity index (χ0n) is 11.7. The van der Waals surface area contributed by atoms with E-state index in [-0.39, 0.29) is 5.56 Å². The summed E-state index contributed by atoms with van der Waals surface area (Å²) in [7, 11) is 1.92. The maximum absolute atomic E-state index is 11.2. The van der Waals surface area contributed by atoms with Gasteiger partial charge < -0.3 is 10.0 Å². The van der Waals surface area contributed by atoms with Crippen molar-refractivity contribution in [2.24, 2.45) is 0 Å². The molecule has 1 aromatic heterocycles. The van der Waals surface area contributed by atoms with Crippen LogP contribution in [0, 0.1) is 0 Å². The fourth-order valence-electron chi connectivity index (χ4n) is 2.03. The third-order valence-electron chi connectivity index (χ3n) is 3.14. The van der Waals surface area contributed by atoms with Crippen molar-refractivity contribution in [2.75, 3.05) is 13.6 Å². The second kappa shape index (κ2) is 7.15. The van der Waals surface area contributed by atoms with Gasteiger partial charge in [0.2, 0.25) is 0 Å². The van der Waals surface area contributed by atoms with E-state index < -0.39 is 5.97 Å². The van der Waals surface area contributed by atoms with Gasteiger partial charge in [0.15, 0.2) is 0 Å². The van der Waals surface area contributed by atoms with Crippen molar-refractivity contribution >= 4 is 17.6 Å². The van der Waals surface area contributed by atoms with Gasteiger partial charge in [-0.05, 0) is 24.7 Å². The summed E-state index contributed by atoms with van der Waals surface area (Å²) in [5, 5.41) is 9.69. The second-order valence-corrected chi connectivity index (χ2v) is 5.16. The van der Waals surface area contributed by atoms with Crippen molar-refractivity contribution < 1.29 is 9.90 Å². The van der Waals surface area contributed by atoms with Gasteiger partial charge in [0.25, 0.3) is 0 Å². The molecule has 1 heterocycles. The SMILES string of the molecule is CN(CCc1cnccn1)Cc1c(Cl)cccc1C(=O)O. The molecule has 0 fully saturated rings. The van der Waals surface area contributed by atoms with Crippen LogP contribution in [0.25, 0.3) is 0 Å². The van der Waals surface area contributed by atoms with Crippen LogP contribution in [0.1, 0.15) is 21.6 Å². The summed E-state index contributed by atoms with van der Waals surface area (Å²) in [6.45, 7) is 1.21. The van der Waals surface area contributed by atoms with Crippen molar-refractivity contribution in [1.82, 2.24) is 14.9 Å². The van der Waals surface area contributed by atoms with Gasteiger partial charge in [0.05, 0.1) is 11.3 Å². The fraction of sp³-hybridized carbons (Fsp3) is 0.267. The smallest absolute Gasteiger partial charge is 0.336 e. The molecule has 0 unspecified atom stereocenters. The van der Waals surface area contributed by atoms with Gasteiger partial charge in [-0.2, -0.15) is 0 Å². The number of aromatic carboxylic acids is 1. The molecule has 0 aliphatic rings. The number of aromatic nitrogens is 2. The molecular formula is C15H16ClN3O2. The lowest BCUT2D eigenvalue weighted by atomic mass is 10.1. The highest BCUT2D eigenvalue weighted by molar-refractivity contribution is 6.31. The maximum Gasteiger partial charge on any atom is 0.336 e. The minimum absolute atomic E-state index is 0.244. The number of carboxylic acids is 1. The molecular weight excluding hydrogens is 290 g/mol. The van der Waals surface area contributed by atoms with Crippen LogP contribution in [0.4, 0.5) is 0 Å². The molecule has 2 rings (SSSR count). The normalized spacial score (nSPS) is 10.8. The lowest BCUT2D eigenvalue weighted by Gasteiger charge is -2.18. The zero-order chi connectivity index (χ0) is 15.2. The number of likely N-dealkylation sites (N-methyl/N-ethyl adjacent to an activating group) is 1. The number of hydrogen-bond acceptors (Lipinski definition) is 4. The maximum atomic E-state index is 11.2. The first-order chi connectivity index (χ1) is 10.1. The van der Waals surface area contributed by atoms with Crippen LogP contribution in [-0.4, -0.2) is 39.5 Å². The van der Waals surface area contributed by atoms with Crippen LogP contribution in [0.3, 0.4) is 0 Å². The van der Waals surface area contributed by atoms with Crippen LogP contribution in [-0.2, 0) is 13.0 Å². The molecule has 0 atom stereocenters. The van der Waals surface area contributed by atoms with E-state index in [1.165, 1.54) is 0 Å². The Labute approximate surface area is 128 Å². The van der Waals surface area contributed by atoms with E-state index in [1.54, 1.807) is 36.8 Å². The average Bonchev–Trinajstić information content (AvgIpc) is 2.48. The van der Waals surface area contributed by atoms with Crippen molar-refractivity contribution in [2.45, 2.75) is 13.0 Å². The summed E-state index contributed by atoms with van der Waals surface area (Å²) in [4.78, 5) is 21.5. The van der Waals surface area contributed by atoms with E-state index in [9.17, 15) is 9.90 Å².